The molecule has 1 saturated heterocycles. The Balaban J connectivity index is 1.51. The number of anilines is 1. The molecule has 2 aliphatic rings. The van der Waals surface area contributed by atoms with Crippen LogP contribution in [-0.2, 0) is 32.3 Å². The van der Waals surface area contributed by atoms with Gasteiger partial charge >= 0.3 is 5.97 Å². The fourth-order valence-corrected chi connectivity index (χ4v) is 7.16. The summed E-state index contributed by atoms with van der Waals surface area (Å²) in [5.74, 6) is -0.308. The van der Waals surface area contributed by atoms with Gasteiger partial charge in [0.05, 0.1) is 23.2 Å². The molecule has 2 atom stereocenters. The third-order valence-electron chi connectivity index (χ3n) is 6.53. The lowest BCUT2D eigenvalue weighted by Crippen LogP contribution is -2.34. The molecule has 1 aliphatic carbocycles. The van der Waals surface area contributed by atoms with Gasteiger partial charge in [0, 0.05) is 30.6 Å². The summed E-state index contributed by atoms with van der Waals surface area (Å²) in [5, 5.41) is 3.36. The molecule has 35 heavy (non-hydrogen) atoms. The zero-order valence-electron chi connectivity index (χ0n) is 20.3. The first-order valence-electron chi connectivity index (χ1n) is 12.0. The molecule has 1 aliphatic heterocycles. The van der Waals surface area contributed by atoms with Crippen LogP contribution >= 0.6 is 11.3 Å². The van der Waals surface area contributed by atoms with Crippen molar-refractivity contribution in [2.75, 3.05) is 32.1 Å². The molecule has 8 nitrogen and oxygen atoms in total. The Labute approximate surface area is 210 Å². The van der Waals surface area contributed by atoms with E-state index in [0.717, 1.165) is 42.5 Å². The van der Waals surface area contributed by atoms with Gasteiger partial charge in [0.25, 0.3) is 5.91 Å². The smallest absolute Gasteiger partial charge is 0.341 e. The molecule has 0 bridgehead atoms. The van der Waals surface area contributed by atoms with Crippen LogP contribution in [0.4, 0.5) is 5.00 Å². The number of esters is 1. The molecule has 2 unspecified atom stereocenters. The van der Waals surface area contributed by atoms with E-state index in [2.05, 4.69) is 12.2 Å². The number of hydrogen-bond donors (Lipinski definition) is 1. The van der Waals surface area contributed by atoms with Gasteiger partial charge in [-0.05, 0) is 74.8 Å². The summed E-state index contributed by atoms with van der Waals surface area (Å²) in [4.78, 5) is 26.9. The zero-order chi connectivity index (χ0) is 25.2. The van der Waals surface area contributed by atoms with Gasteiger partial charge in [0.15, 0.2) is 0 Å². The fraction of sp³-hybridized carbons (Fsp3) is 0.520. The van der Waals surface area contributed by atoms with Gasteiger partial charge in [-0.2, -0.15) is 4.31 Å². The highest BCUT2D eigenvalue weighted by atomic mass is 32.2. The molecule has 1 N–H and O–H groups in total. The van der Waals surface area contributed by atoms with Crippen LogP contribution in [0.1, 0.15) is 64.3 Å². The summed E-state index contributed by atoms with van der Waals surface area (Å²) in [6, 6.07) is 5.84. The second-order valence-electron chi connectivity index (χ2n) is 9.18. The standard InChI is InChI=1S/C25H32N2O6S2/c1-4-32-25(29)22-20-12-7-16(2)14-21(20)34-24(22)26-23(28)17-8-10-19(11-9-17)35(30,31)27(3)15-18-6-5-13-33-18/h8-11,16,18H,4-7,12-15H2,1-3H3,(H,26,28). The third-order valence-corrected chi connectivity index (χ3v) is 9.54. The fourth-order valence-electron chi connectivity index (χ4n) is 4.56. The minimum atomic E-state index is -3.70. The molecular formula is C25H32N2O6S2. The number of amides is 1. The minimum Gasteiger partial charge on any atom is -0.462 e. The van der Waals surface area contributed by atoms with E-state index in [1.165, 1.54) is 47.0 Å². The number of nitrogens with zero attached hydrogens (tertiary/aromatic N) is 1. The molecule has 0 radical (unpaired) electrons. The number of hydrogen-bond acceptors (Lipinski definition) is 7. The Morgan fingerprint density at radius 3 is 2.63 bits per heavy atom. The van der Waals surface area contributed by atoms with Crippen molar-refractivity contribution in [2.24, 2.45) is 5.92 Å². The van der Waals surface area contributed by atoms with E-state index < -0.39 is 21.9 Å². The molecular weight excluding hydrogens is 488 g/mol. The maximum atomic E-state index is 13.0. The summed E-state index contributed by atoms with van der Waals surface area (Å²) in [6.07, 6.45) is 4.33. The van der Waals surface area contributed by atoms with Gasteiger partial charge in [-0.1, -0.05) is 6.92 Å². The molecule has 0 saturated carbocycles. The van der Waals surface area contributed by atoms with Crippen LogP contribution in [0.25, 0.3) is 0 Å². The number of ether oxygens (including phenoxy) is 2. The van der Waals surface area contributed by atoms with Crippen molar-refractivity contribution < 1.29 is 27.5 Å². The van der Waals surface area contributed by atoms with Crippen molar-refractivity contribution in [1.29, 1.82) is 0 Å². The Morgan fingerprint density at radius 1 is 1.23 bits per heavy atom. The number of likely N-dealkylation sites (N-methyl/N-ethyl adjacent to an activating group) is 1. The van der Waals surface area contributed by atoms with Crippen LogP contribution < -0.4 is 5.32 Å². The topological polar surface area (TPSA) is 102 Å². The normalized spacial score (nSPS) is 20.0. The average Bonchev–Trinajstić information content (AvgIpc) is 3.46. The van der Waals surface area contributed by atoms with Crippen molar-refractivity contribution in [3.8, 4) is 0 Å². The quantitative estimate of drug-likeness (QED) is 0.526. The second kappa shape index (κ2) is 10.8. The first-order valence-corrected chi connectivity index (χ1v) is 14.3. The Hall–Kier alpha value is -2.27. The van der Waals surface area contributed by atoms with Crippen LogP contribution in [0.3, 0.4) is 0 Å². The summed E-state index contributed by atoms with van der Waals surface area (Å²) in [6.45, 7) is 5.14. The number of nitrogens with one attached hydrogen (secondary N) is 1. The molecule has 0 spiro atoms. The lowest BCUT2D eigenvalue weighted by Gasteiger charge is -2.20. The van der Waals surface area contributed by atoms with Crippen LogP contribution in [0.2, 0.25) is 0 Å². The SMILES string of the molecule is CCOC(=O)c1c(NC(=O)c2ccc(S(=O)(=O)N(C)CC3CCCO3)cc2)sc2c1CCC(C)C2. The number of carbonyl (C=O) groups excluding carboxylic acids is 2. The predicted octanol–water partition coefficient (Wildman–Crippen LogP) is 4.10. The highest BCUT2D eigenvalue weighted by molar-refractivity contribution is 7.89. The van der Waals surface area contributed by atoms with Gasteiger partial charge in [0.2, 0.25) is 10.0 Å². The molecule has 1 amide bonds. The number of fused-ring (bicyclic) bond motifs is 1. The van der Waals surface area contributed by atoms with E-state index in [4.69, 9.17) is 9.47 Å². The van der Waals surface area contributed by atoms with Crippen molar-refractivity contribution >= 4 is 38.2 Å². The van der Waals surface area contributed by atoms with Crippen molar-refractivity contribution in [3.63, 3.8) is 0 Å². The molecule has 4 rings (SSSR count). The lowest BCUT2D eigenvalue weighted by molar-refractivity contribution is 0.0526. The third kappa shape index (κ3) is 5.61. The van der Waals surface area contributed by atoms with Gasteiger partial charge in [-0.25, -0.2) is 13.2 Å². The highest BCUT2D eigenvalue weighted by Gasteiger charge is 2.30. The number of sulfonamides is 1. The predicted molar refractivity (Wildman–Crippen MR) is 135 cm³/mol. The molecule has 1 aromatic heterocycles. The van der Waals surface area contributed by atoms with Crippen molar-refractivity contribution in [2.45, 2.75) is 57.0 Å². The molecule has 2 heterocycles. The van der Waals surface area contributed by atoms with Gasteiger partial charge in [0.1, 0.15) is 5.00 Å². The monoisotopic (exact) mass is 520 g/mol. The van der Waals surface area contributed by atoms with Crippen molar-refractivity contribution in [3.05, 3.63) is 45.8 Å². The van der Waals surface area contributed by atoms with E-state index in [1.54, 1.807) is 6.92 Å². The van der Waals surface area contributed by atoms with E-state index in [-0.39, 0.29) is 17.6 Å². The summed E-state index contributed by atoms with van der Waals surface area (Å²) in [7, 11) is -2.16. The Kier molecular flexibility index (Phi) is 7.95. The summed E-state index contributed by atoms with van der Waals surface area (Å²) < 4.78 is 38.0. The van der Waals surface area contributed by atoms with Gasteiger partial charge in [-0.15, -0.1) is 11.3 Å². The molecule has 190 valence electrons. The van der Waals surface area contributed by atoms with E-state index in [0.29, 0.717) is 35.2 Å². The first kappa shape index (κ1) is 25.8. The number of benzene rings is 1. The first-order chi connectivity index (χ1) is 16.7. The maximum Gasteiger partial charge on any atom is 0.341 e. The van der Waals surface area contributed by atoms with Crippen LogP contribution in [-0.4, -0.2) is 57.5 Å². The van der Waals surface area contributed by atoms with E-state index in [9.17, 15) is 18.0 Å². The number of thiophene rings is 1. The van der Waals surface area contributed by atoms with Crippen LogP contribution in [0.15, 0.2) is 29.2 Å². The van der Waals surface area contributed by atoms with Crippen LogP contribution in [0.5, 0.6) is 0 Å². The molecule has 10 heteroatoms. The highest BCUT2D eigenvalue weighted by Crippen LogP contribution is 2.40. The number of carbonyl (C=O) groups is 2. The Bertz CT molecular complexity index is 1180. The summed E-state index contributed by atoms with van der Waals surface area (Å²) in [5.41, 5.74) is 1.72. The molecule has 1 aromatic carbocycles. The minimum absolute atomic E-state index is 0.0898. The van der Waals surface area contributed by atoms with Gasteiger partial charge < -0.3 is 14.8 Å². The number of rotatable bonds is 8. The van der Waals surface area contributed by atoms with Crippen molar-refractivity contribution in [1.82, 2.24) is 4.31 Å². The molecule has 2 aromatic rings. The maximum absolute atomic E-state index is 13.0. The zero-order valence-corrected chi connectivity index (χ0v) is 22.0. The van der Waals surface area contributed by atoms with E-state index in [1.807, 2.05) is 0 Å². The Morgan fingerprint density at radius 2 is 1.97 bits per heavy atom. The second-order valence-corrected chi connectivity index (χ2v) is 12.3. The van der Waals surface area contributed by atoms with Gasteiger partial charge in [-0.3, -0.25) is 4.79 Å². The van der Waals surface area contributed by atoms with E-state index >= 15 is 0 Å². The molecule has 1 fully saturated rings. The van der Waals surface area contributed by atoms with Crippen LogP contribution in [0, 0.1) is 5.92 Å². The largest absolute Gasteiger partial charge is 0.462 e. The lowest BCUT2D eigenvalue weighted by atomic mass is 9.88. The average molecular weight is 521 g/mol. The summed E-state index contributed by atoms with van der Waals surface area (Å²) >= 11 is 1.42.